The molecule has 0 aliphatic carbocycles. The van der Waals surface area contributed by atoms with Crippen LogP contribution in [0.2, 0.25) is 0 Å². The molecule has 3 aromatic rings. The van der Waals surface area contributed by atoms with Gasteiger partial charge in [0, 0.05) is 34.4 Å². The molecule has 0 saturated carbocycles. The van der Waals surface area contributed by atoms with E-state index in [2.05, 4.69) is 44.4 Å². The monoisotopic (exact) mass is 342 g/mol. The van der Waals surface area contributed by atoms with Gasteiger partial charge in [-0.05, 0) is 35.9 Å². The molecule has 4 heteroatoms. The standard InChI is InChI=1S/C17H15BrN2O/c1-21-16-9-14(18)8-15(10-16)20-11-12-4-5-17-13(7-12)3-2-6-19-17/h2-10,20H,11H2,1H3. The van der Waals surface area contributed by atoms with Crippen molar-refractivity contribution >= 4 is 32.5 Å². The van der Waals surface area contributed by atoms with E-state index in [1.165, 1.54) is 5.56 Å². The van der Waals surface area contributed by atoms with Crippen LogP contribution in [0, 0.1) is 0 Å². The molecule has 0 bridgehead atoms. The van der Waals surface area contributed by atoms with Gasteiger partial charge in [0.25, 0.3) is 0 Å². The Morgan fingerprint density at radius 3 is 2.90 bits per heavy atom. The largest absolute Gasteiger partial charge is 0.497 e. The fraction of sp³-hybridized carbons (Fsp3) is 0.118. The molecule has 1 aromatic heterocycles. The quantitative estimate of drug-likeness (QED) is 0.751. The van der Waals surface area contributed by atoms with Gasteiger partial charge in [0.1, 0.15) is 5.75 Å². The van der Waals surface area contributed by atoms with Crippen molar-refractivity contribution in [2.45, 2.75) is 6.54 Å². The number of hydrogen-bond acceptors (Lipinski definition) is 3. The first-order valence-electron chi connectivity index (χ1n) is 6.67. The summed E-state index contributed by atoms with van der Waals surface area (Å²) >= 11 is 3.48. The number of ether oxygens (including phenoxy) is 1. The summed E-state index contributed by atoms with van der Waals surface area (Å²) in [5.74, 6) is 0.828. The number of halogens is 1. The Morgan fingerprint density at radius 2 is 2.05 bits per heavy atom. The Balaban J connectivity index is 1.78. The molecule has 0 radical (unpaired) electrons. The van der Waals surface area contributed by atoms with Crippen LogP contribution in [0.5, 0.6) is 5.75 Å². The van der Waals surface area contributed by atoms with Crippen molar-refractivity contribution in [1.82, 2.24) is 4.98 Å². The summed E-state index contributed by atoms with van der Waals surface area (Å²) in [6.45, 7) is 0.754. The molecule has 0 atom stereocenters. The van der Waals surface area contributed by atoms with Crippen LogP contribution in [0.4, 0.5) is 5.69 Å². The number of anilines is 1. The first-order valence-corrected chi connectivity index (χ1v) is 7.46. The van der Waals surface area contributed by atoms with Gasteiger partial charge in [-0.15, -0.1) is 0 Å². The van der Waals surface area contributed by atoms with Gasteiger partial charge < -0.3 is 10.1 Å². The zero-order chi connectivity index (χ0) is 14.7. The van der Waals surface area contributed by atoms with E-state index in [-0.39, 0.29) is 0 Å². The maximum atomic E-state index is 5.27. The molecule has 0 unspecified atom stereocenters. The molecule has 0 fully saturated rings. The average molecular weight is 343 g/mol. The van der Waals surface area contributed by atoms with Crippen molar-refractivity contribution in [3.8, 4) is 5.75 Å². The third-order valence-electron chi connectivity index (χ3n) is 3.27. The third-order valence-corrected chi connectivity index (χ3v) is 3.73. The molecule has 1 N–H and O–H groups in total. The summed E-state index contributed by atoms with van der Waals surface area (Å²) in [5, 5.41) is 4.57. The van der Waals surface area contributed by atoms with Gasteiger partial charge in [-0.3, -0.25) is 4.98 Å². The molecule has 1 heterocycles. The highest BCUT2D eigenvalue weighted by Gasteiger charge is 2.01. The van der Waals surface area contributed by atoms with Crippen LogP contribution >= 0.6 is 15.9 Å². The first kappa shape index (κ1) is 13.9. The van der Waals surface area contributed by atoms with E-state index in [1.807, 2.05) is 36.5 Å². The number of pyridine rings is 1. The minimum Gasteiger partial charge on any atom is -0.497 e. The molecule has 0 saturated heterocycles. The van der Waals surface area contributed by atoms with Crippen LogP contribution in [-0.4, -0.2) is 12.1 Å². The van der Waals surface area contributed by atoms with Crippen molar-refractivity contribution in [2.24, 2.45) is 0 Å². The second-order valence-corrected chi connectivity index (χ2v) is 5.68. The molecule has 21 heavy (non-hydrogen) atoms. The predicted molar refractivity (Wildman–Crippen MR) is 89.8 cm³/mol. The van der Waals surface area contributed by atoms with E-state index in [1.54, 1.807) is 7.11 Å². The van der Waals surface area contributed by atoms with Gasteiger partial charge in [-0.2, -0.15) is 0 Å². The van der Waals surface area contributed by atoms with E-state index in [4.69, 9.17) is 4.74 Å². The fourth-order valence-electron chi connectivity index (χ4n) is 2.22. The van der Waals surface area contributed by atoms with E-state index in [0.717, 1.165) is 33.4 Å². The SMILES string of the molecule is COc1cc(Br)cc(NCc2ccc3ncccc3c2)c1. The summed E-state index contributed by atoms with van der Waals surface area (Å²) in [6, 6.07) is 16.3. The number of nitrogens with one attached hydrogen (secondary N) is 1. The van der Waals surface area contributed by atoms with Crippen LogP contribution in [0.15, 0.2) is 59.2 Å². The summed E-state index contributed by atoms with van der Waals surface area (Å²) in [6.07, 6.45) is 1.81. The molecule has 3 nitrogen and oxygen atoms in total. The Hall–Kier alpha value is -2.07. The fourth-order valence-corrected chi connectivity index (χ4v) is 2.69. The van der Waals surface area contributed by atoms with Gasteiger partial charge in [-0.25, -0.2) is 0 Å². The molecule has 0 amide bonds. The van der Waals surface area contributed by atoms with Crippen molar-refractivity contribution in [3.63, 3.8) is 0 Å². The van der Waals surface area contributed by atoms with Gasteiger partial charge in [0.15, 0.2) is 0 Å². The highest BCUT2D eigenvalue weighted by atomic mass is 79.9. The summed E-state index contributed by atoms with van der Waals surface area (Å²) in [4.78, 5) is 4.33. The number of aromatic nitrogens is 1. The molecule has 0 aliphatic rings. The Bertz CT molecular complexity index is 774. The van der Waals surface area contributed by atoms with E-state index >= 15 is 0 Å². The zero-order valence-electron chi connectivity index (χ0n) is 11.6. The lowest BCUT2D eigenvalue weighted by Gasteiger charge is -2.10. The van der Waals surface area contributed by atoms with Crippen LogP contribution in [0.25, 0.3) is 10.9 Å². The molecule has 3 rings (SSSR count). The minimum atomic E-state index is 0.754. The molecule has 0 aliphatic heterocycles. The first-order chi connectivity index (χ1) is 10.2. The van der Waals surface area contributed by atoms with Crippen molar-refractivity contribution in [3.05, 3.63) is 64.8 Å². The molecule has 2 aromatic carbocycles. The summed E-state index contributed by atoms with van der Waals surface area (Å²) in [7, 11) is 1.67. The number of rotatable bonds is 4. The van der Waals surface area contributed by atoms with Gasteiger partial charge >= 0.3 is 0 Å². The second kappa shape index (κ2) is 6.14. The highest BCUT2D eigenvalue weighted by molar-refractivity contribution is 9.10. The predicted octanol–water partition coefficient (Wildman–Crippen LogP) is 4.62. The molecule has 0 spiro atoms. The van der Waals surface area contributed by atoms with Crippen molar-refractivity contribution in [2.75, 3.05) is 12.4 Å². The van der Waals surface area contributed by atoms with Gasteiger partial charge in [0.2, 0.25) is 0 Å². The number of fused-ring (bicyclic) bond motifs is 1. The zero-order valence-corrected chi connectivity index (χ0v) is 13.2. The maximum Gasteiger partial charge on any atom is 0.122 e. The van der Waals surface area contributed by atoms with Crippen LogP contribution < -0.4 is 10.1 Å². The van der Waals surface area contributed by atoms with E-state index in [0.29, 0.717) is 0 Å². The minimum absolute atomic E-state index is 0.754. The highest BCUT2D eigenvalue weighted by Crippen LogP contribution is 2.25. The maximum absolute atomic E-state index is 5.27. The molecular formula is C17H15BrN2O. The van der Waals surface area contributed by atoms with Crippen LogP contribution in [0.1, 0.15) is 5.56 Å². The normalized spacial score (nSPS) is 10.6. The Kier molecular flexibility index (Phi) is 4.06. The van der Waals surface area contributed by atoms with Crippen molar-refractivity contribution < 1.29 is 4.74 Å². The van der Waals surface area contributed by atoms with Gasteiger partial charge in [-0.1, -0.05) is 28.1 Å². The van der Waals surface area contributed by atoms with E-state index in [9.17, 15) is 0 Å². The van der Waals surface area contributed by atoms with E-state index < -0.39 is 0 Å². The Labute approximate surface area is 132 Å². The average Bonchev–Trinajstić information content (AvgIpc) is 2.52. The number of hydrogen-bond donors (Lipinski definition) is 1. The lowest BCUT2D eigenvalue weighted by Crippen LogP contribution is -2.00. The second-order valence-electron chi connectivity index (χ2n) is 4.76. The Morgan fingerprint density at radius 1 is 1.14 bits per heavy atom. The number of nitrogens with zero attached hydrogens (tertiary/aromatic N) is 1. The number of methoxy groups -OCH3 is 1. The summed E-state index contributed by atoms with van der Waals surface area (Å²) in [5.41, 5.74) is 3.26. The topological polar surface area (TPSA) is 34.1 Å². The molecular weight excluding hydrogens is 328 g/mol. The van der Waals surface area contributed by atoms with Crippen LogP contribution in [-0.2, 0) is 6.54 Å². The third kappa shape index (κ3) is 3.34. The summed E-state index contributed by atoms with van der Waals surface area (Å²) < 4.78 is 6.26. The lowest BCUT2D eigenvalue weighted by atomic mass is 10.1. The number of benzene rings is 2. The van der Waals surface area contributed by atoms with Gasteiger partial charge in [0.05, 0.1) is 12.6 Å². The lowest BCUT2D eigenvalue weighted by molar-refractivity contribution is 0.414. The smallest absolute Gasteiger partial charge is 0.122 e. The van der Waals surface area contributed by atoms with Crippen LogP contribution in [0.3, 0.4) is 0 Å². The van der Waals surface area contributed by atoms with Crippen molar-refractivity contribution in [1.29, 1.82) is 0 Å². The molecule has 106 valence electrons.